The van der Waals surface area contributed by atoms with Crippen LogP contribution in [0.2, 0.25) is 0 Å². The van der Waals surface area contributed by atoms with Crippen molar-refractivity contribution in [2.45, 2.75) is 34.6 Å². The van der Waals surface area contributed by atoms with Crippen LogP contribution in [-0.2, 0) is 4.79 Å². The van der Waals surface area contributed by atoms with Crippen LogP contribution in [0, 0.1) is 22.7 Å². The normalized spacial score (nSPS) is 11.1. The molecule has 0 atom stereocenters. The van der Waals surface area contributed by atoms with E-state index in [-0.39, 0.29) is 5.91 Å². The molecule has 0 saturated heterocycles. The zero-order valence-electron chi connectivity index (χ0n) is 12.8. The summed E-state index contributed by atoms with van der Waals surface area (Å²) in [6.07, 6.45) is 0. The average Bonchev–Trinajstić information content (AvgIpc) is 2.35. The molecule has 0 aliphatic heterocycles. The van der Waals surface area contributed by atoms with Crippen molar-refractivity contribution >= 4 is 11.6 Å². The summed E-state index contributed by atoms with van der Waals surface area (Å²) in [5, 5.41) is 12.0. The van der Waals surface area contributed by atoms with Crippen molar-refractivity contribution in [3.63, 3.8) is 0 Å². The molecule has 1 aromatic carbocycles. The van der Waals surface area contributed by atoms with Crippen molar-refractivity contribution in [1.29, 1.82) is 5.26 Å². The Labute approximate surface area is 120 Å². The third-order valence-corrected chi connectivity index (χ3v) is 2.61. The predicted molar refractivity (Wildman–Crippen MR) is 79.6 cm³/mol. The first-order valence-corrected chi connectivity index (χ1v) is 6.72. The molecule has 108 valence electrons. The maximum atomic E-state index is 11.9. The number of nitrogens with zero attached hydrogens (tertiary/aromatic N) is 1. The zero-order valence-corrected chi connectivity index (χ0v) is 12.8. The lowest BCUT2D eigenvalue weighted by molar-refractivity contribution is -0.123. The number of carbonyl (C=O) groups excluding carboxylic acids is 1. The van der Waals surface area contributed by atoms with E-state index in [1.807, 2.05) is 34.6 Å². The van der Waals surface area contributed by atoms with E-state index in [9.17, 15) is 4.79 Å². The highest BCUT2D eigenvalue weighted by molar-refractivity contribution is 5.94. The zero-order chi connectivity index (χ0) is 15.3. The van der Waals surface area contributed by atoms with E-state index >= 15 is 0 Å². The van der Waals surface area contributed by atoms with Crippen LogP contribution in [0.4, 0.5) is 5.69 Å². The minimum Gasteiger partial charge on any atom is -0.492 e. The second-order valence-electron chi connectivity index (χ2n) is 6.23. The minimum absolute atomic E-state index is 0.0859. The lowest BCUT2D eigenvalue weighted by atomic mass is 9.95. The fraction of sp³-hybridized carbons (Fsp3) is 0.500. The van der Waals surface area contributed by atoms with E-state index < -0.39 is 5.41 Å². The van der Waals surface area contributed by atoms with E-state index in [0.717, 1.165) is 0 Å². The molecule has 1 N–H and O–H groups in total. The summed E-state index contributed by atoms with van der Waals surface area (Å²) in [5.41, 5.74) is 0.565. The van der Waals surface area contributed by atoms with Gasteiger partial charge in [-0.05, 0) is 24.1 Å². The number of amides is 1. The minimum atomic E-state index is -0.473. The van der Waals surface area contributed by atoms with Crippen LogP contribution in [0.5, 0.6) is 5.75 Å². The summed E-state index contributed by atoms with van der Waals surface area (Å²) in [4.78, 5) is 11.9. The van der Waals surface area contributed by atoms with Crippen molar-refractivity contribution in [3.05, 3.63) is 23.8 Å². The maximum absolute atomic E-state index is 11.9. The quantitative estimate of drug-likeness (QED) is 0.912. The van der Waals surface area contributed by atoms with Gasteiger partial charge in [0.05, 0.1) is 12.2 Å². The van der Waals surface area contributed by atoms with E-state index in [4.69, 9.17) is 10.00 Å². The van der Waals surface area contributed by atoms with E-state index in [1.165, 1.54) is 0 Å². The topological polar surface area (TPSA) is 62.1 Å². The van der Waals surface area contributed by atoms with Gasteiger partial charge in [0.2, 0.25) is 5.91 Å². The molecular weight excluding hydrogens is 252 g/mol. The second kappa shape index (κ2) is 6.42. The molecule has 4 heteroatoms. The van der Waals surface area contributed by atoms with Gasteiger partial charge in [-0.25, -0.2) is 0 Å². The summed E-state index contributed by atoms with van der Waals surface area (Å²) in [6.45, 7) is 10.2. The number of carbonyl (C=O) groups is 1. The molecule has 4 nitrogen and oxygen atoms in total. The van der Waals surface area contributed by atoms with Crippen molar-refractivity contribution in [1.82, 2.24) is 0 Å². The van der Waals surface area contributed by atoms with Crippen LogP contribution in [0.3, 0.4) is 0 Å². The Morgan fingerprint density at radius 2 is 2.05 bits per heavy atom. The molecule has 0 unspecified atom stereocenters. The van der Waals surface area contributed by atoms with Crippen molar-refractivity contribution < 1.29 is 9.53 Å². The van der Waals surface area contributed by atoms with Gasteiger partial charge in [0, 0.05) is 11.1 Å². The van der Waals surface area contributed by atoms with Gasteiger partial charge < -0.3 is 10.1 Å². The standard InChI is InChI=1S/C16H22N2O2/c1-11(2)10-20-14-7-6-13(8-12(14)9-17)18-15(19)16(3,4)5/h6-8,11H,10H2,1-5H3,(H,18,19). The second-order valence-corrected chi connectivity index (χ2v) is 6.23. The van der Waals surface area contributed by atoms with Crippen molar-refractivity contribution in [3.8, 4) is 11.8 Å². The number of ether oxygens (including phenoxy) is 1. The Morgan fingerprint density at radius 3 is 2.55 bits per heavy atom. The summed E-state index contributed by atoms with van der Waals surface area (Å²) in [6, 6.07) is 7.21. The van der Waals surface area contributed by atoms with Gasteiger partial charge in [-0.3, -0.25) is 4.79 Å². The number of rotatable bonds is 4. The van der Waals surface area contributed by atoms with Crippen LogP contribution in [0.1, 0.15) is 40.2 Å². The molecule has 1 aromatic rings. The summed E-state index contributed by atoms with van der Waals surface area (Å²) < 4.78 is 5.58. The largest absolute Gasteiger partial charge is 0.492 e. The third kappa shape index (κ3) is 4.58. The van der Waals surface area contributed by atoms with E-state index in [1.54, 1.807) is 18.2 Å². The van der Waals surface area contributed by atoms with Gasteiger partial charge >= 0.3 is 0 Å². The molecule has 0 saturated carbocycles. The number of anilines is 1. The highest BCUT2D eigenvalue weighted by Gasteiger charge is 2.21. The molecule has 0 aliphatic carbocycles. The SMILES string of the molecule is CC(C)COc1ccc(NC(=O)C(C)(C)C)cc1C#N. The molecule has 1 amide bonds. The van der Waals surface area contributed by atoms with Gasteiger partial charge in [0.1, 0.15) is 11.8 Å². The van der Waals surface area contributed by atoms with Gasteiger partial charge in [-0.15, -0.1) is 0 Å². The number of hydrogen-bond donors (Lipinski definition) is 1. The predicted octanol–water partition coefficient (Wildman–Crippen LogP) is 3.58. The van der Waals surface area contributed by atoms with Gasteiger partial charge in [0.15, 0.2) is 0 Å². The summed E-state index contributed by atoms with van der Waals surface area (Å²) >= 11 is 0. The van der Waals surface area contributed by atoms with Crippen LogP contribution in [0.15, 0.2) is 18.2 Å². The van der Waals surface area contributed by atoms with Crippen LogP contribution in [-0.4, -0.2) is 12.5 Å². The number of nitrogens with one attached hydrogen (secondary N) is 1. The average molecular weight is 274 g/mol. The highest BCUT2D eigenvalue weighted by atomic mass is 16.5. The summed E-state index contributed by atoms with van der Waals surface area (Å²) in [7, 11) is 0. The number of hydrogen-bond acceptors (Lipinski definition) is 3. The Kier molecular flexibility index (Phi) is 5.15. The monoisotopic (exact) mass is 274 g/mol. The first-order chi connectivity index (χ1) is 9.24. The molecule has 20 heavy (non-hydrogen) atoms. The molecule has 0 aromatic heterocycles. The van der Waals surface area contributed by atoms with E-state index in [0.29, 0.717) is 29.5 Å². The highest BCUT2D eigenvalue weighted by Crippen LogP contribution is 2.24. The molecule has 0 bridgehead atoms. The van der Waals surface area contributed by atoms with Gasteiger partial charge in [-0.2, -0.15) is 5.26 Å². The first kappa shape index (κ1) is 16.0. The fourth-order valence-electron chi connectivity index (χ4n) is 1.40. The molecule has 0 heterocycles. The fourth-order valence-corrected chi connectivity index (χ4v) is 1.40. The molecule has 0 spiro atoms. The van der Waals surface area contributed by atoms with Crippen LogP contribution >= 0.6 is 0 Å². The Bertz CT molecular complexity index is 522. The number of benzene rings is 1. The van der Waals surface area contributed by atoms with Crippen LogP contribution < -0.4 is 10.1 Å². The Morgan fingerprint density at radius 1 is 1.40 bits per heavy atom. The molecule has 0 aliphatic rings. The summed E-state index contributed by atoms with van der Waals surface area (Å²) in [5.74, 6) is 0.856. The van der Waals surface area contributed by atoms with Crippen LogP contribution in [0.25, 0.3) is 0 Å². The van der Waals surface area contributed by atoms with Crippen molar-refractivity contribution in [2.24, 2.45) is 11.3 Å². The molecule has 0 fully saturated rings. The van der Waals surface area contributed by atoms with E-state index in [2.05, 4.69) is 11.4 Å². The Balaban J connectivity index is 2.88. The lowest BCUT2D eigenvalue weighted by Crippen LogP contribution is -2.27. The maximum Gasteiger partial charge on any atom is 0.229 e. The third-order valence-electron chi connectivity index (χ3n) is 2.61. The Hall–Kier alpha value is -2.02. The lowest BCUT2D eigenvalue weighted by Gasteiger charge is -2.18. The molecular formula is C16H22N2O2. The van der Waals surface area contributed by atoms with Gasteiger partial charge in [-0.1, -0.05) is 34.6 Å². The molecule has 1 rings (SSSR count). The first-order valence-electron chi connectivity index (χ1n) is 6.72. The van der Waals surface area contributed by atoms with Gasteiger partial charge in [0.25, 0.3) is 0 Å². The molecule has 0 radical (unpaired) electrons. The smallest absolute Gasteiger partial charge is 0.229 e. The number of nitriles is 1. The van der Waals surface area contributed by atoms with Crippen molar-refractivity contribution in [2.75, 3.05) is 11.9 Å².